The second-order valence-electron chi connectivity index (χ2n) is 5.96. The Balaban J connectivity index is 2.55. The van der Waals surface area contributed by atoms with Crippen LogP contribution in [-0.2, 0) is 4.79 Å². The van der Waals surface area contributed by atoms with Crippen LogP contribution in [0.2, 0.25) is 0 Å². The zero-order valence-corrected chi connectivity index (χ0v) is 11.3. The summed E-state index contributed by atoms with van der Waals surface area (Å²) in [6.45, 7) is 10.6. The van der Waals surface area contributed by atoms with Gasteiger partial charge in [-0.3, -0.25) is 4.79 Å². The summed E-state index contributed by atoms with van der Waals surface area (Å²) in [5.41, 5.74) is 0.242. The van der Waals surface area contributed by atoms with E-state index < -0.39 is 0 Å². The highest BCUT2D eigenvalue weighted by Gasteiger charge is 2.37. The van der Waals surface area contributed by atoms with Gasteiger partial charge in [0.15, 0.2) is 0 Å². The molecule has 16 heavy (non-hydrogen) atoms. The van der Waals surface area contributed by atoms with Crippen LogP contribution in [0.1, 0.15) is 40.5 Å². The molecule has 94 valence electrons. The number of hydrogen-bond donors (Lipinski definition) is 1. The molecule has 2 unspecified atom stereocenters. The van der Waals surface area contributed by atoms with E-state index in [2.05, 4.69) is 33.0 Å². The maximum Gasteiger partial charge on any atom is 0.222 e. The van der Waals surface area contributed by atoms with Crippen molar-refractivity contribution in [2.45, 2.75) is 46.6 Å². The van der Waals surface area contributed by atoms with Gasteiger partial charge in [0.25, 0.3) is 0 Å². The summed E-state index contributed by atoms with van der Waals surface area (Å²) >= 11 is 0. The van der Waals surface area contributed by atoms with Gasteiger partial charge in [0.1, 0.15) is 0 Å². The Morgan fingerprint density at radius 2 is 2.12 bits per heavy atom. The molecule has 0 bridgehead atoms. The highest BCUT2D eigenvalue weighted by Crippen LogP contribution is 2.34. The first-order chi connectivity index (χ1) is 7.38. The maximum atomic E-state index is 11.9. The lowest BCUT2D eigenvalue weighted by Crippen LogP contribution is -2.40. The predicted molar refractivity (Wildman–Crippen MR) is 67.3 cm³/mol. The molecule has 1 rings (SSSR count). The minimum atomic E-state index is 0.242. The first-order valence-corrected chi connectivity index (χ1v) is 6.33. The normalized spacial score (nSPS) is 23.9. The summed E-state index contributed by atoms with van der Waals surface area (Å²) in [5.74, 6) is 0.836. The summed E-state index contributed by atoms with van der Waals surface area (Å²) in [5, 5.41) is 3.26. The lowest BCUT2D eigenvalue weighted by atomic mass is 9.80. The first-order valence-electron chi connectivity index (χ1n) is 6.33. The average molecular weight is 226 g/mol. The van der Waals surface area contributed by atoms with E-state index in [9.17, 15) is 4.79 Å². The fraction of sp³-hybridized carbons (Fsp3) is 0.923. The van der Waals surface area contributed by atoms with Crippen LogP contribution in [-0.4, -0.2) is 37.0 Å². The fourth-order valence-corrected chi connectivity index (χ4v) is 2.22. The molecule has 2 atom stereocenters. The molecule has 1 aliphatic heterocycles. The van der Waals surface area contributed by atoms with Gasteiger partial charge in [-0.15, -0.1) is 0 Å². The zero-order chi connectivity index (χ0) is 12.3. The smallest absolute Gasteiger partial charge is 0.222 e. The number of likely N-dealkylation sites (tertiary alicyclic amines) is 1. The number of amides is 1. The molecule has 0 aliphatic carbocycles. The lowest BCUT2D eigenvalue weighted by Gasteiger charge is -2.27. The second-order valence-corrected chi connectivity index (χ2v) is 5.96. The number of hydrogen-bond acceptors (Lipinski definition) is 2. The second kappa shape index (κ2) is 5.17. The molecular weight excluding hydrogens is 200 g/mol. The van der Waals surface area contributed by atoms with E-state index in [0.29, 0.717) is 17.9 Å². The Morgan fingerprint density at radius 1 is 1.50 bits per heavy atom. The van der Waals surface area contributed by atoms with E-state index in [1.165, 1.54) is 0 Å². The zero-order valence-electron chi connectivity index (χ0n) is 11.3. The van der Waals surface area contributed by atoms with Gasteiger partial charge in [0, 0.05) is 25.6 Å². The van der Waals surface area contributed by atoms with Gasteiger partial charge >= 0.3 is 0 Å². The van der Waals surface area contributed by atoms with Crippen LogP contribution >= 0.6 is 0 Å². The van der Waals surface area contributed by atoms with Gasteiger partial charge in [0.05, 0.1) is 0 Å². The van der Waals surface area contributed by atoms with Crippen molar-refractivity contribution in [1.82, 2.24) is 10.2 Å². The monoisotopic (exact) mass is 226 g/mol. The van der Waals surface area contributed by atoms with E-state index in [1.807, 2.05) is 11.9 Å². The van der Waals surface area contributed by atoms with Gasteiger partial charge in [-0.1, -0.05) is 27.7 Å². The molecule has 3 nitrogen and oxygen atoms in total. The van der Waals surface area contributed by atoms with Crippen LogP contribution in [0, 0.1) is 11.3 Å². The number of nitrogens with one attached hydrogen (secondary N) is 1. The molecule has 0 aromatic rings. The number of carbonyl (C=O) groups is 1. The van der Waals surface area contributed by atoms with Crippen molar-refractivity contribution in [1.29, 1.82) is 0 Å². The van der Waals surface area contributed by atoms with Crippen molar-refractivity contribution in [3.8, 4) is 0 Å². The molecule has 1 aliphatic rings. The Labute approximate surface area is 99.6 Å². The number of carbonyl (C=O) groups excluding carboxylic acids is 1. The number of nitrogens with zero attached hydrogens (tertiary/aromatic N) is 1. The molecule has 1 heterocycles. The van der Waals surface area contributed by atoms with E-state index in [-0.39, 0.29) is 5.41 Å². The standard InChI is InChI=1S/C13H26N2O/c1-6-11(14-5)9-15-8-10(7-12(15)16)13(2,3)4/h10-11,14H,6-9H2,1-5H3. The van der Waals surface area contributed by atoms with Crippen molar-refractivity contribution >= 4 is 5.91 Å². The highest BCUT2D eigenvalue weighted by atomic mass is 16.2. The van der Waals surface area contributed by atoms with Gasteiger partial charge in [-0.2, -0.15) is 0 Å². The van der Waals surface area contributed by atoms with Crippen molar-refractivity contribution in [2.75, 3.05) is 20.1 Å². The van der Waals surface area contributed by atoms with E-state index >= 15 is 0 Å². The third-order valence-electron chi connectivity index (χ3n) is 3.78. The summed E-state index contributed by atoms with van der Waals surface area (Å²) in [7, 11) is 1.97. The lowest BCUT2D eigenvalue weighted by molar-refractivity contribution is -0.128. The molecule has 3 heteroatoms. The van der Waals surface area contributed by atoms with Crippen LogP contribution in [0.5, 0.6) is 0 Å². The minimum absolute atomic E-state index is 0.242. The molecule has 0 saturated carbocycles. The molecule has 0 aromatic carbocycles. The molecule has 1 N–H and O–H groups in total. The van der Waals surface area contributed by atoms with Gasteiger partial charge in [0.2, 0.25) is 5.91 Å². The van der Waals surface area contributed by atoms with Crippen molar-refractivity contribution in [2.24, 2.45) is 11.3 Å². The molecule has 0 spiro atoms. The number of rotatable bonds is 4. The minimum Gasteiger partial charge on any atom is -0.341 e. The molecule has 1 saturated heterocycles. The Morgan fingerprint density at radius 3 is 2.50 bits per heavy atom. The first kappa shape index (κ1) is 13.5. The Hall–Kier alpha value is -0.570. The maximum absolute atomic E-state index is 11.9. The highest BCUT2D eigenvalue weighted by molar-refractivity contribution is 5.78. The van der Waals surface area contributed by atoms with Crippen LogP contribution < -0.4 is 5.32 Å². The molecular formula is C13H26N2O. The predicted octanol–water partition coefficient (Wildman–Crippen LogP) is 1.88. The average Bonchev–Trinajstić information content (AvgIpc) is 2.56. The third kappa shape index (κ3) is 3.21. The quantitative estimate of drug-likeness (QED) is 0.794. The van der Waals surface area contributed by atoms with Crippen LogP contribution in [0.25, 0.3) is 0 Å². The van der Waals surface area contributed by atoms with Crippen molar-refractivity contribution < 1.29 is 4.79 Å². The Kier molecular flexibility index (Phi) is 4.36. The van der Waals surface area contributed by atoms with Crippen molar-refractivity contribution in [3.05, 3.63) is 0 Å². The molecule has 0 aromatic heterocycles. The Bertz CT molecular complexity index is 241. The number of likely N-dealkylation sites (N-methyl/N-ethyl adjacent to an activating group) is 1. The van der Waals surface area contributed by atoms with E-state index in [4.69, 9.17) is 0 Å². The molecule has 1 fully saturated rings. The van der Waals surface area contributed by atoms with Gasteiger partial charge in [-0.25, -0.2) is 0 Å². The van der Waals surface area contributed by atoms with Crippen LogP contribution in [0.3, 0.4) is 0 Å². The van der Waals surface area contributed by atoms with Gasteiger partial charge in [-0.05, 0) is 24.8 Å². The van der Waals surface area contributed by atoms with E-state index in [1.54, 1.807) is 0 Å². The topological polar surface area (TPSA) is 32.3 Å². The van der Waals surface area contributed by atoms with Crippen LogP contribution in [0.4, 0.5) is 0 Å². The fourth-order valence-electron chi connectivity index (χ4n) is 2.22. The molecule has 0 radical (unpaired) electrons. The summed E-state index contributed by atoms with van der Waals surface area (Å²) < 4.78 is 0. The third-order valence-corrected chi connectivity index (χ3v) is 3.78. The van der Waals surface area contributed by atoms with Crippen LogP contribution in [0.15, 0.2) is 0 Å². The SMILES string of the molecule is CCC(CN1CC(C(C)(C)C)CC1=O)NC. The molecule has 1 amide bonds. The van der Waals surface area contributed by atoms with E-state index in [0.717, 1.165) is 25.9 Å². The van der Waals surface area contributed by atoms with Crippen molar-refractivity contribution in [3.63, 3.8) is 0 Å². The van der Waals surface area contributed by atoms with Gasteiger partial charge < -0.3 is 10.2 Å². The summed E-state index contributed by atoms with van der Waals surface area (Å²) in [6, 6.07) is 0.433. The largest absolute Gasteiger partial charge is 0.341 e. The summed E-state index contributed by atoms with van der Waals surface area (Å²) in [4.78, 5) is 13.9. The summed E-state index contributed by atoms with van der Waals surface area (Å²) in [6.07, 6.45) is 1.80.